The number of benzene rings is 1. The summed E-state index contributed by atoms with van der Waals surface area (Å²) < 4.78 is 27.2. The lowest BCUT2D eigenvalue weighted by molar-refractivity contribution is 0.589. The fraction of sp³-hybridized carbons (Fsp3) is 0.385. The Morgan fingerprint density at radius 3 is 2.63 bits per heavy atom. The van der Waals surface area contributed by atoms with Crippen LogP contribution in [0.4, 0.5) is 8.78 Å². The Labute approximate surface area is 114 Å². The molecule has 0 aliphatic rings. The van der Waals surface area contributed by atoms with E-state index >= 15 is 0 Å². The zero-order valence-corrected chi connectivity index (χ0v) is 11.4. The Morgan fingerprint density at radius 2 is 1.95 bits per heavy atom. The predicted molar refractivity (Wildman–Crippen MR) is 72.1 cm³/mol. The highest BCUT2D eigenvalue weighted by atomic mass is 32.1. The molecule has 2 rings (SSSR count). The topological polar surface area (TPSA) is 37.8 Å². The molecular formula is C13H15F2N3S. The average Bonchev–Trinajstić information content (AvgIpc) is 2.83. The molecule has 2 aromatic rings. The van der Waals surface area contributed by atoms with Gasteiger partial charge in [0.25, 0.3) is 0 Å². The van der Waals surface area contributed by atoms with Crippen molar-refractivity contribution in [3.8, 4) is 10.6 Å². The molecule has 0 bridgehead atoms. The highest BCUT2D eigenvalue weighted by molar-refractivity contribution is 7.14. The van der Waals surface area contributed by atoms with Gasteiger partial charge in [-0.05, 0) is 31.6 Å². The minimum Gasteiger partial charge on any atom is -0.317 e. The molecule has 1 aromatic heterocycles. The van der Waals surface area contributed by atoms with Crippen molar-refractivity contribution in [3.05, 3.63) is 34.8 Å². The minimum atomic E-state index is -0.602. The zero-order valence-electron chi connectivity index (χ0n) is 10.6. The summed E-state index contributed by atoms with van der Waals surface area (Å²) in [7, 11) is 0. The van der Waals surface area contributed by atoms with E-state index in [0.29, 0.717) is 5.01 Å². The molecule has 0 amide bonds. The summed E-state index contributed by atoms with van der Waals surface area (Å²) in [4.78, 5) is 0. The first-order chi connectivity index (χ1) is 9.22. The molecule has 1 N–H and O–H groups in total. The quantitative estimate of drug-likeness (QED) is 0.828. The number of nitrogens with one attached hydrogen (secondary N) is 1. The van der Waals surface area contributed by atoms with Gasteiger partial charge < -0.3 is 5.32 Å². The molecule has 1 aromatic carbocycles. The van der Waals surface area contributed by atoms with Crippen molar-refractivity contribution < 1.29 is 8.78 Å². The van der Waals surface area contributed by atoms with Crippen LogP contribution < -0.4 is 5.32 Å². The normalized spacial score (nSPS) is 10.9. The highest BCUT2D eigenvalue weighted by Crippen LogP contribution is 2.28. The van der Waals surface area contributed by atoms with E-state index in [0.717, 1.165) is 30.9 Å². The Balaban J connectivity index is 2.08. The summed E-state index contributed by atoms with van der Waals surface area (Å²) in [6.45, 7) is 3.88. The molecule has 1 heterocycles. The van der Waals surface area contributed by atoms with Crippen molar-refractivity contribution in [2.45, 2.75) is 19.8 Å². The van der Waals surface area contributed by atoms with Crippen LogP contribution in [0.15, 0.2) is 18.2 Å². The van der Waals surface area contributed by atoms with E-state index in [9.17, 15) is 8.78 Å². The van der Waals surface area contributed by atoms with Crippen molar-refractivity contribution in [2.75, 3.05) is 13.1 Å². The van der Waals surface area contributed by atoms with Gasteiger partial charge in [-0.25, -0.2) is 8.78 Å². The molecule has 0 radical (unpaired) electrons. The number of aromatic nitrogens is 2. The number of aryl methyl sites for hydroxylation is 1. The minimum absolute atomic E-state index is 0.0852. The highest BCUT2D eigenvalue weighted by Gasteiger charge is 2.15. The Hall–Kier alpha value is -1.40. The molecular weight excluding hydrogens is 268 g/mol. The second kappa shape index (κ2) is 6.68. The number of halogens is 2. The summed E-state index contributed by atoms with van der Waals surface area (Å²) in [6, 6.07) is 3.79. The van der Waals surface area contributed by atoms with Crippen molar-refractivity contribution in [1.82, 2.24) is 15.5 Å². The molecule has 0 aliphatic carbocycles. The third kappa shape index (κ3) is 3.54. The van der Waals surface area contributed by atoms with Gasteiger partial charge in [0.05, 0.1) is 5.56 Å². The van der Waals surface area contributed by atoms with Gasteiger partial charge in [0.1, 0.15) is 16.6 Å². The van der Waals surface area contributed by atoms with E-state index in [-0.39, 0.29) is 5.56 Å². The standard InChI is InChI=1S/C13H15F2N3S/c1-2-16-8-4-7-11-17-18-13(19-11)12-9(14)5-3-6-10(12)15/h3,5-6,16H,2,4,7-8H2,1H3. The van der Waals surface area contributed by atoms with Gasteiger partial charge in [0.2, 0.25) is 0 Å². The maximum atomic E-state index is 13.6. The van der Waals surface area contributed by atoms with Crippen LogP contribution in [0.25, 0.3) is 10.6 Å². The van der Waals surface area contributed by atoms with E-state index < -0.39 is 11.6 Å². The lowest BCUT2D eigenvalue weighted by Crippen LogP contribution is -2.14. The molecule has 19 heavy (non-hydrogen) atoms. The van der Waals surface area contributed by atoms with Crippen molar-refractivity contribution >= 4 is 11.3 Å². The summed E-state index contributed by atoms with van der Waals surface area (Å²) in [6.07, 6.45) is 1.70. The first-order valence-electron chi connectivity index (χ1n) is 6.20. The van der Waals surface area contributed by atoms with E-state index in [2.05, 4.69) is 15.5 Å². The third-order valence-corrected chi connectivity index (χ3v) is 3.64. The van der Waals surface area contributed by atoms with Gasteiger partial charge in [0, 0.05) is 6.42 Å². The second-order valence-corrected chi connectivity index (χ2v) is 5.12. The summed E-state index contributed by atoms with van der Waals surface area (Å²) in [5, 5.41) is 12.2. The maximum Gasteiger partial charge on any atom is 0.153 e. The van der Waals surface area contributed by atoms with Gasteiger partial charge >= 0.3 is 0 Å². The van der Waals surface area contributed by atoms with Gasteiger partial charge in [-0.2, -0.15) is 0 Å². The number of nitrogens with zero attached hydrogens (tertiary/aromatic N) is 2. The van der Waals surface area contributed by atoms with E-state index in [4.69, 9.17) is 0 Å². The molecule has 0 unspecified atom stereocenters. The van der Waals surface area contributed by atoms with E-state index in [1.165, 1.54) is 29.5 Å². The first-order valence-corrected chi connectivity index (χ1v) is 7.01. The van der Waals surface area contributed by atoms with Crippen LogP contribution in [0.2, 0.25) is 0 Å². The van der Waals surface area contributed by atoms with Gasteiger partial charge in [-0.15, -0.1) is 10.2 Å². The second-order valence-electron chi connectivity index (χ2n) is 4.05. The monoisotopic (exact) mass is 283 g/mol. The number of rotatable bonds is 6. The predicted octanol–water partition coefficient (Wildman–Crippen LogP) is 3.03. The Bertz CT molecular complexity index is 522. The van der Waals surface area contributed by atoms with Crippen LogP contribution in [0.3, 0.4) is 0 Å². The van der Waals surface area contributed by atoms with E-state index in [1.54, 1.807) is 0 Å². The summed E-state index contributed by atoms with van der Waals surface area (Å²) in [5.74, 6) is -1.20. The zero-order chi connectivity index (χ0) is 13.7. The van der Waals surface area contributed by atoms with Crippen LogP contribution in [-0.4, -0.2) is 23.3 Å². The molecule has 6 heteroatoms. The smallest absolute Gasteiger partial charge is 0.153 e. The van der Waals surface area contributed by atoms with Crippen molar-refractivity contribution in [3.63, 3.8) is 0 Å². The lowest BCUT2D eigenvalue weighted by Gasteiger charge is -1.99. The van der Waals surface area contributed by atoms with Crippen LogP contribution in [-0.2, 0) is 6.42 Å². The Morgan fingerprint density at radius 1 is 1.21 bits per heavy atom. The largest absolute Gasteiger partial charge is 0.317 e. The molecule has 3 nitrogen and oxygen atoms in total. The SMILES string of the molecule is CCNCCCc1nnc(-c2c(F)cccc2F)s1. The average molecular weight is 283 g/mol. The molecule has 0 aliphatic heterocycles. The molecule has 102 valence electrons. The molecule has 0 saturated carbocycles. The van der Waals surface area contributed by atoms with Gasteiger partial charge in [-0.1, -0.05) is 24.3 Å². The maximum absolute atomic E-state index is 13.6. The summed E-state index contributed by atoms with van der Waals surface area (Å²) in [5.41, 5.74) is -0.0852. The number of hydrogen-bond donors (Lipinski definition) is 1. The molecule has 0 atom stereocenters. The van der Waals surface area contributed by atoms with Gasteiger partial charge in [0.15, 0.2) is 5.01 Å². The fourth-order valence-electron chi connectivity index (χ4n) is 1.70. The molecule has 0 saturated heterocycles. The van der Waals surface area contributed by atoms with Crippen LogP contribution >= 0.6 is 11.3 Å². The Kier molecular flexibility index (Phi) is 4.93. The number of hydrogen-bond acceptors (Lipinski definition) is 4. The van der Waals surface area contributed by atoms with Crippen LogP contribution in [0.1, 0.15) is 18.4 Å². The molecule has 0 spiro atoms. The van der Waals surface area contributed by atoms with Crippen molar-refractivity contribution in [1.29, 1.82) is 0 Å². The fourth-order valence-corrected chi connectivity index (χ4v) is 2.63. The van der Waals surface area contributed by atoms with Crippen molar-refractivity contribution in [2.24, 2.45) is 0 Å². The van der Waals surface area contributed by atoms with E-state index in [1.807, 2.05) is 6.92 Å². The first kappa shape index (κ1) is 14.0. The van der Waals surface area contributed by atoms with Gasteiger partial charge in [-0.3, -0.25) is 0 Å². The van der Waals surface area contributed by atoms with Crippen LogP contribution in [0, 0.1) is 11.6 Å². The molecule has 0 fully saturated rings. The third-order valence-electron chi connectivity index (χ3n) is 2.64. The lowest BCUT2D eigenvalue weighted by atomic mass is 10.2. The summed E-state index contributed by atoms with van der Waals surface area (Å²) >= 11 is 1.24. The van der Waals surface area contributed by atoms with Crippen LogP contribution in [0.5, 0.6) is 0 Å².